The number of nitrogens with zero attached hydrogens (tertiary/aromatic N) is 4. The van der Waals surface area contributed by atoms with Crippen molar-refractivity contribution in [3.8, 4) is 11.3 Å². The molecule has 0 aliphatic carbocycles. The van der Waals surface area contributed by atoms with Gasteiger partial charge in [0.25, 0.3) is 0 Å². The number of hydrogen-bond donors (Lipinski definition) is 1. The molecule has 0 saturated heterocycles. The molecule has 6 nitrogen and oxygen atoms in total. The minimum atomic E-state index is -0.323. The third-order valence-electron chi connectivity index (χ3n) is 3.85. The molecule has 0 bridgehead atoms. The van der Waals surface area contributed by atoms with Crippen LogP contribution in [0.2, 0.25) is 5.02 Å². The van der Waals surface area contributed by atoms with Gasteiger partial charge in [-0.3, -0.25) is 10.2 Å². The summed E-state index contributed by atoms with van der Waals surface area (Å²) in [7, 11) is 0. The molecule has 4 rings (SSSR count). The van der Waals surface area contributed by atoms with Crippen LogP contribution < -0.4 is 10.4 Å². The van der Waals surface area contributed by atoms with Gasteiger partial charge in [-0.25, -0.2) is 4.98 Å². The summed E-state index contributed by atoms with van der Waals surface area (Å²) in [4.78, 5) is 17.3. The van der Waals surface area contributed by atoms with E-state index in [0.717, 1.165) is 11.3 Å². The average Bonchev–Trinajstić information content (AvgIpc) is 3.26. The second kappa shape index (κ2) is 7.30. The molecule has 1 aliphatic heterocycles. The van der Waals surface area contributed by atoms with Crippen LogP contribution in [0.15, 0.2) is 70.2 Å². The third kappa shape index (κ3) is 3.60. The molecule has 1 aliphatic rings. The summed E-state index contributed by atoms with van der Waals surface area (Å²) in [6.07, 6.45) is 0. The lowest BCUT2D eigenvalue weighted by atomic mass is 10.2. The van der Waals surface area contributed by atoms with Gasteiger partial charge in [-0.05, 0) is 25.1 Å². The SMILES string of the molecule is CC1=NN(c2nc(-c3ccccc3)cs2)C(=O)/C1=N\Nc1cccc(Cl)c1. The number of hydrazone groups is 2. The topological polar surface area (TPSA) is 70.0 Å². The first kappa shape index (κ1) is 17.4. The Kier molecular flexibility index (Phi) is 4.70. The van der Waals surface area contributed by atoms with Crippen LogP contribution in [0.25, 0.3) is 11.3 Å². The fraction of sp³-hybridized carbons (Fsp3) is 0.0526. The molecule has 0 radical (unpaired) electrons. The summed E-state index contributed by atoms with van der Waals surface area (Å²) >= 11 is 7.32. The molecule has 8 heteroatoms. The Morgan fingerprint density at radius 3 is 2.74 bits per heavy atom. The lowest BCUT2D eigenvalue weighted by Gasteiger charge is -2.06. The second-order valence-electron chi connectivity index (χ2n) is 5.77. The van der Waals surface area contributed by atoms with Gasteiger partial charge in [-0.1, -0.05) is 48.0 Å². The van der Waals surface area contributed by atoms with Crippen LogP contribution in [0.1, 0.15) is 6.92 Å². The molecule has 134 valence electrons. The molecule has 0 spiro atoms. The molecule has 1 amide bonds. The first-order chi connectivity index (χ1) is 13.1. The van der Waals surface area contributed by atoms with E-state index in [-0.39, 0.29) is 11.6 Å². The summed E-state index contributed by atoms with van der Waals surface area (Å²) < 4.78 is 0. The Balaban J connectivity index is 1.55. The number of carbonyl (C=O) groups excluding carboxylic acids is 1. The Morgan fingerprint density at radius 2 is 1.96 bits per heavy atom. The maximum absolute atomic E-state index is 12.7. The van der Waals surface area contributed by atoms with E-state index in [9.17, 15) is 4.79 Å². The van der Waals surface area contributed by atoms with Crippen LogP contribution in [0.5, 0.6) is 0 Å². The van der Waals surface area contributed by atoms with Crippen molar-refractivity contribution >= 4 is 51.1 Å². The summed E-state index contributed by atoms with van der Waals surface area (Å²) in [5, 5.41) is 12.8. The maximum Gasteiger partial charge on any atom is 0.303 e. The van der Waals surface area contributed by atoms with Crippen molar-refractivity contribution in [1.29, 1.82) is 0 Å². The summed E-state index contributed by atoms with van der Waals surface area (Å²) in [6, 6.07) is 16.9. The van der Waals surface area contributed by atoms with Crippen LogP contribution in [0.3, 0.4) is 0 Å². The summed E-state index contributed by atoms with van der Waals surface area (Å²) in [5.74, 6) is -0.323. The number of anilines is 2. The second-order valence-corrected chi connectivity index (χ2v) is 7.04. The molecule has 2 heterocycles. The Hall–Kier alpha value is -3.03. The van der Waals surface area contributed by atoms with Gasteiger partial charge in [0.2, 0.25) is 5.13 Å². The highest BCUT2D eigenvalue weighted by molar-refractivity contribution is 7.14. The zero-order chi connectivity index (χ0) is 18.8. The van der Waals surface area contributed by atoms with Gasteiger partial charge in [-0.2, -0.15) is 15.2 Å². The fourth-order valence-corrected chi connectivity index (χ4v) is 3.51. The molecule has 2 aromatic carbocycles. The molecule has 0 saturated carbocycles. The molecule has 27 heavy (non-hydrogen) atoms. The molecular weight excluding hydrogens is 382 g/mol. The summed E-state index contributed by atoms with van der Waals surface area (Å²) in [5.41, 5.74) is 6.09. The van der Waals surface area contributed by atoms with E-state index in [1.54, 1.807) is 25.1 Å². The monoisotopic (exact) mass is 395 g/mol. The van der Waals surface area contributed by atoms with Gasteiger partial charge in [0.05, 0.1) is 17.1 Å². The number of aromatic nitrogens is 1. The predicted molar refractivity (Wildman–Crippen MR) is 111 cm³/mol. The van der Waals surface area contributed by atoms with Crippen LogP contribution in [0, 0.1) is 0 Å². The summed E-state index contributed by atoms with van der Waals surface area (Å²) in [6.45, 7) is 1.74. The normalized spacial score (nSPS) is 15.3. The van der Waals surface area contributed by atoms with Crippen molar-refractivity contribution in [3.05, 3.63) is 65.0 Å². The molecular formula is C19H14ClN5OS. The molecule has 3 aromatic rings. The van der Waals surface area contributed by atoms with Gasteiger partial charge >= 0.3 is 5.91 Å². The van der Waals surface area contributed by atoms with Crippen LogP contribution in [-0.2, 0) is 4.79 Å². The zero-order valence-corrected chi connectivity index (χ0v) is 15.8. The van der Waals surface area contributed by atoms with Crippen molar-refractivity contribution in [2.24, 2.45) is 10.2 Å². The predicted octanol–water partition coefficient (Wildman–Crippen LogP) is 4.65. The zero-order valence-electron chi connectivity index (χ0n) is 14.3. The highest BCUT2D eigenvalue weighted by Crippen LogP contribution is 2.29. The Morgan fingerprint density at radius 1 is 1.15 bits per heavy atom. The van der Waals surface area contributed by atoms with Crippen molar-refractivity contribution in [1.82, 2.24) is 4.98 Å². The van der Waals surface area contributed by atoms with E-state index >= 15 is 0 Å². The quantitative estimate of drug-likeness (QED) is 0.653. The van der Waals surface area contributed by atoms with E-state index in [0.29, 0.717) is 21.6 Å². The van der Waals surface area contributed by atoms with E-state index in [1.807, 2.05) is 41.8 Å². The number of nitrogens with one attached hydrogen (secondary N) is 1. The van der Waals surface area contributed by atoms with Gasteiger partial charge < -0.3 is 0 Å². The molecule has 0 unspecified atom stereocenters. The van der Waals surface area contributed by atoms with E-state index in [1.165, 1.54) is 16.3 Å². The van der Waals surface area contributed by atoms with Gasteiger partial charge in [0.15, 0.2) is 5.71 Å². The van der Waals surface area contributed by atoms with E-state index in [2.05, 4.69) is 20.6 Å². The molecule has 1 aromatic heterocycles. The smallest absolute Gasteiger partial charge is 0.278 e. The third-order valence-corrected chi connectivity index (χ3v) is 4.90. The lowest BCUT2D eigenvalue weighted by Crippen LogP contribution is -2.27. The van der Waals surface area contributed by atoms with E-state index < -0.39 is 0 Å². The Labute approximate surface area is 164 Å². The number of rotatable bonds is 4. The van der Waals surface area contributed by atoms with Crippen LogP contribution in [-0.4, -0.2) is 22.3 Å². The minimum absolute atomic E-state index is 0.242. The number of thiazole rings is 1. The van der Waals surface area contributed by atoms with Crippen LogP contribution in [0.4, 0.5) is 10.8 Å². The fourth-order valence-electron chi connectivity index (χ4n) is 2.54. The number of hydrogen-bond acceptors (Lipinski definition) is 6. The first-order valence-corrected chi connectivity index (χ1v) is 9.38. The average molecular weight is 396 g/mol. The van der Waals surface area contributed by atoms with Crippen LogP contribution >= 0.6 is 22.9 Å². The van der Waals surface area contributed by atoms with Gasteiger partial charge in [-0.15, -0.1) is 11.3 Å². The molecule has 0 atom stereocenters. The van der Waals surface area contributed by atoms with Crippen molar-refractivity contribution in [3.63, 3.8) is 0 Å². The van der Waals surface area contributed by atoms with E-state index in [4.69, 9.17) is 11.6 Å². The number of amides is 1. The first-order valence-electron chi connectivity index (χ1n) is 8.12. The van der Waals surface area contributed by atoms with Gasteiger partial charge in [0.1, 0.15) is 0 Å². The number of halogens is 1. The standard InChI is InChI=1S/C19H14ClN5OS/c1-12-17(23-22-15-9-5-8-14(20)10-15)18(26)25(24-12)19-21-16(11-27-19)13-6-3-2-4-7-13/h2-11,22H,1H3/b23-17-. The Bertz CT molecular complexity index is 1060. The largest absolute Gasteiger partial charge is 0.303 e. The van der Waals surface area contributed by atoms with Gasteiger partial charge in [0, 0.05) is 16.0 Å². The highest BCUT2D eigenvalue weighted by Gasteiger charge is 2.32. The number of benzene rings is 2. The number of carbonyl (C=O) groups is 1. The lowest BCUT2D eigenvalue weighted by molar-refractivity contribution is -0.112. The van der Waals surface area contributed by atoms with Crippen molar-refractivity contribution in [2.45, 2.75) is 6.92 Å². The van der Waals surface area contributed by atoms with Crippen molar-refractivity contribution < 1.29 is 4.79 Å². The minimum Gasteiger partial charge on any atom is -0.278 e. The molecule has 1 N–H and O–H groups in total. The molecule has 0 fully saturated rings. The maximum atomic E-state index is 12.7. The highest BCUT2D eigenvalue weighted by atomic mass is 35.5. The van der Waals surface area contributed by atoms with Crippen molar-refractivity contribution in [2.75, 3.05) is 10.4 Å².